The number of rotatable bonds is 3. The maximum absolute atomic E-state index is 13.1. The maximum atomic E-state index is 13.1. The monoisotopic (exact) mass is 402 g/mol. The number of fused-ring (bicyclic) bond motifs is 2. The summed E-state index contributed by atoms with van der Waals surface area (Å²) in [6.07, 6.45) is 3.28. The van der Waals surface area contributed by atoms with Gasteiger partial charge in [-0.3, -0.25) is 14.0 Å². The Kier molecular flexibility index (Phi) is 4.27. The number of pyridine rings is 1. The highest BCUT2D eigenvalue weighted by Gasteiger charge is 2.25. The first-order chi connectivity index (χ1) is 14.6. The van der Waals surface area contributed by atoms with Gasteiger partial charge >= 0.3 is 5.97 Å². The van der Waals surface area contributed by atoms with Gasteiger partial charge in [-0.15, -0.1) is 0 Å². The van der Waals surface area contributed by atoms with Gasteiger partial charge in [0.1, 0.15) is 11.8 Å². The largest absolute Gasteiger partial charge is 0.464 e. The van der Waals surface area contributed by atoms with Crippen molar-refractivity contribution in [2.24, 2.45) is 0 Å². The van der Waals surface area contributed by atoms with Gasteiger partial charge in [-0.2, -0.15) is 5.10 Å². The van der Waals surface area contributed by atoms with Crippen LogP contribution in [-0.2, 0) is 17.8 Å². The number of hydrogen-bond donors (Lipinski definition) is 0. The van der Waals surface area contributed by atoms with Crippen LogP contribution >= 0.6 is 0 Å². The van der Waals surface area contributed by atoms with Gasteiger partial charge in [0.15, 0.2) is 11.3 Å². The fourth-order valence-electron chi connectivity index (χ4n) is 3.62. The number of imidazole rings is 1. The minimum Gasteiger partial charge on any atom is -0.464 e. The third kappa shape index (κ3) is 3.00. The number of ether oxygens (including phenoxy) is 1. The highest BCUT2D eigenvalue weighted by Crippen LogP contribution is 2.20. The number of para-hydroxylation sites is 1. The van der Waals surface area contributed by atoms with Gasteiger partial charge in [-0.25, -0.2) is 14.8 Å². The van der Waals surface area contributed by atoms with Gasteiger partial charge in [0.05, 0.1) is 31.5 Å². The molecule has 9 nitrogen and oxygen atoms in total. The lowest BCUT2D eigenvalue weighted by atomic mass is 10.2. The molecule has 3 aromatic heterocycles. The zero-order valence-corrected chi connectivity index (χ0v) is 16.2. The number of carbonyl (C=O) groups excluding carboxylic acids is 2. The quantitative estimate of drug-likeness (QED) is 0.487. The number of methoxy groups -OCH3 is 1. The molecular weight excluding hydrogens is 384 g/mol. The van der Waals surface area contributed by atoms with Crippen LogP contribution in [0.5, 0.6) is 0 Å². The lowest BCUT2D eigenvalue weighted by Crippen LogP contribution is -2.38. The van der Waals surface area contributed by atoms with Crippen molar-refractivity contribution in [2.75, 3.05) is 13.7 Å². The molecule has 1 aliphatic heterocycles. The first-order valence-corrected chi connectivity index (χ1v) is 9.47. The second-order valence-electron chi connectivity index (χ2n) is 6.98. The number of aromatic nitrogens is 5. The predicted octanol–water partition coefficient (Wildman–Crippen LogP) is 2.06. The van der Waals surface area contributed by atoms with Gasteiger partial charge in [-0.05, 0) is 24.3 Å². The molecule has 0 saturated carbocycles. The second kappa shape index (κ2) is 7.11. The van der Waals surface area contributed by atoms with Crippen LogP contribution in [0, 0.1) is 0 Å². The van der Waals surface area contributed by atoms with Crippen molar-refractivity contribution < 1.29 is 14.3 Å². The maximum Gasteiger partial charge on any atom is 0.358 e. The Labute approximate surface area is 171 Å². The normalized spacial score (nSPS) is 13.3. The summed E-state index contributed by atoms with van der Waals surface area (Å²) in [7, 11) is 1.32. The van der Waals surface area contributed by atoms with E-state index in [0.717, 1.165) is 11.4 Å². The van der Waals surface area contributed by atoms with Crippen LogP contribution in [0.3, 0.4) is 0 Å². The summed E-state index contributed by atoms with van der Waals surface area (Å²) in [5.74, 6) is -0.621. The van der Waals surface area contributed by atoms with Gasteiger partial charge in [0, 0.05) is 18.4 Å². The van der Waals surface area contributed by atoms with Crippen molar-refractivity contribution >= 4 is 23.0 Å². The Morgan fingerprint density at radius 3 is 2.70 bits per heavy atom. The van der Waals surface area contributed by atoms with E-state index in [9.17, 15) is 9.59 Å². The van der Waals surface area contributed by atoms with Crippen molar-refractivity contribution in [3.63, 3.8) is 0 Å². The second-order valence-corrected chi connectivity index (χ2v) is 6.98. The molecule has 0 bridgehead atoms. The van der Waals surface area contributed by atoms with E-state index < -0.39 is 5.97 Å². The fourth-order valence-corrected chi connectivity index (χ4v) is 3.62. The number of amides is 1. The van der Waals surface area contributed by atoms with E-state index in [0.29, 0.717) is 36.4 Å². The number of carbonyl (C=O) groups is 2. The molecular formula is C21H18N6O3. The summed E-state index contributed by atoms with van der Waals surface area (Å²) in [4.78, 5) is 35.4. The average Bonchev–Trinajstić information content (AvgIpc) is 3.41. The minimum absolute atomic E-state index is 0.134. The van der Waals surface area contributed by atoms with E-state index in [1.54, 1.807) is 34.2 Å². The molecule has 1 aliphatic rings. The van der Waals surface area contributed by atoms with Crippen LogP contribution in [0.2, 0.25) is 0 Å². The molecule has 0 atom stereocenters. The van der Waals surface area contributed by atoms with Crippen molar-refractivity contribution in [1.29, 1.82) is 0 Å². The third-order valence-corrected chi connectivity index (χ3v) is 5.15. The van der Waals surface area contributed by atoms with Crippen LogP contribution in [0.15, 0.2) is 55.0 Å². The fraction of sp³-hybridized carbons (Fsp3) is 0.190. The zero-order chi connectivity index (χ0) is 20.7. The first-order valence-electron chi connectivity index (χ1n) is 9.47. The summed E-state index contributed by atoms with van der Waals surface area (Å²) in [5, 5.41) is 4.24. The van der Waals surface area contributed by atoms with E-state index in [-0.39, 0.29) is 11.6 Å². The Morgan fingerprint density at radius 1 is 1.07 bits per heavy atom. The molecule has 4 heterocycles. The highest BCUT2D eigenvalue weighted by atomic mass is 16.5. The molecule has 1 amide bonds. The van der Waals surface area contributed by atoms with E-state index in [1.807, 2.05) is 34.9 Å². The van der Waals surface area contributed by atoms with Crippen LogP contribution in [-0.4, -0.2) is 54.7 Å². The number of esters is 1. The SMILES string of the molecule is COC(=O)c1cc2n(n1)CCN(C(=O)c1cnc3c(c1)ncn3-c1ccccc1)C2. The van der Waals surface area contributed by atoms with Crippen molar-refractivity contribution in [3.8, 4) is 5.69 Å². The smallest absolute Gasteiger partial charge is 0.358 e. The van der Waals surface area contributed by atoms with E-state index in [4.69, 9.17) is 4.74 Å². The molecule has 5 rings (SSSR count). The van der Waals surface area contributed by atoms with E-state index in [2.05, 4.69) is 15.1 Å². The summed E-state index contributed by atoms with van der Waals surface area (Å²) in [5.41, 5.74) is 3.81. The van der Waals surface area contributed by atoms with Crippen molar-refractivity contribution in [2.45, 2.75) is 13.1 Å². The summed E-state index contributed by atoms with van der Waals surface area (Å²) >= 11 is 0. The Bertz CT molecular complexity index is 1260. The molecule has 0 fully saturated rings. The lowest BCUT2D eigenvalue weighted by Gasteiger charge is -2.27. The van der Waals surface area contributed by atoms with Crippen LogP contribution in [0.1, 0.15) is 26.5 Å². The molecule has 150 valence electrons. The molecule has 0 radical (unpaired) electrons. The summed E-state index contributed by atoms with van der Waals surface area (Å²) in [6, 6.07) is 13.2. The topological polar surface area (TPSA) is 95.1 Å². The van der Waals surface area contributed by atoms with Crippen LogP contribution in [0.4, 0.5) is 0 Å². The molecule has 9 heteroatoms. The summed E-state index contributed by atoms with van der Waals surface area (Å²) in [6.45, 7) is 1.36. The molecule has 0 N–H and O–H groups in total. The lowest BCUT2D eigenvalue weighted by molar-refractivity contribution is 0.0591. The molecule has 0 saturated heterocycles. The summed E-state index contributed by atoms with van der Waals surface area (Å²) < 4.78 is 8.34. The zero-order valence-electron chi connectivity index (χ0n) is 16.2. The predicted molar refractivity (Wildman–Crippen MR) is 107 cm³/mol. The van der Waals surface area contributed by atoms with E-state index >= 15 is 0 Å². The standard InChI is InChI=1S/C21H18N6O3/c1-30-21(29)18-10-16-12-25(7-8-27(16)24-18)20(28)14-9-17-19(22-11-14)26(13-23-17)15-5-3-2-4-6-15/h2-6,9-11,13H,7-8,12H2,1H3. The highest BCUT2D eigenvalue weighted by molar-refractivity contribution is 5.96. The molecule has 1 aromatic carbocycles. The van der Waals surface area contributed by atoms with Gasteiger partial charge in [-0.1, -0.05) is 18.2 Å². The molecule has 30 heavy (non-hydrogen) atoms. The van der Waals surface area contributed by atoms with Crippen LogP contribution in [0.25, 0.3) is 16.9 Å². The first kappa shape index (κ1) is 18.0. The average molecular weight is 402 g/mol. The minimum atomic E-state index is -0.488. The number of benzene rings is 1. The van der Waals surface area contributed by atoms with Gasteiger partial charge < -0.3 is 9.64 Å². The number of hydrogen-bond acceptors (Lipinski definition) is 6. The molecule has 0 aliphatic carbocycles. The molecule has 0 unspecified atom stereocenters. The van der Waals surface area contributed by atoms with Crippen molar-refractivity contribution in [3.05, 3.63) is 71.9 Å². The van der Waals surface area contributed by atoms with Gasteiger partial charge in [0.2, 0.25) is 0 Å². The van der Waals surface area contributed by atoms with Gasteiger partial charge in [0.25, 0.3) is 5.91 Å². The third-order valence-electron chi connectivity index (χ3n) is 5.15. The Balaban J connectivity index is 1.40. The Morgan fingerprint density at radius 2 is 1.90 bits per heavy atom. The van der Waals surface area contributed by atoms with E-state index in [1.165, 1.54) is 7.11 Å². The van der Waals surface area contributed by atoms with Crippen molar-refractivity contribution in [1.82, 2.24) is 29.2 Å². The number of nitrogens with zero attached hydrogens (tertiary/aromatic N) is 6. The van der Waals surface area contributed by atoms with Crippen LogP contribution < -0.4 is 0 Å². The molecule has 0 spiro atoms. The molecule has 4 aromatic rings. The Hall–Kier alpha value is -4.01.